The first-order chi connectivity index (χ1) is 8.14. The fourth-order valence-electron chi connectivity index (χ4n) is 1.39. The average molecular weight is 263 g/mol. The molecule has 0 bridgehead atoms. The molecule has 1 atom stereocenters. The van der Waals surface area contributed by atoms with Crippen molar-refractivity contribution in [2.45, 2.75) is 26.1 Å². The van der Waals surface area contributed by atoms with Gasteiger partial charge in [0, 0.05) is 5.56 Å². The number of benzene rings is 1. The van der Waals surface area contributed by atoms with Crippen molar-refractivity contribution in [3.05, 3.63) is 35.1 Å². The summed E-state index contributed by atoms with van der Waals surface area (Å²) in [5.41, 5.74) is 3.88. The minimum atomic E-state index is -4.83. The van der Waals surface area contributed by atoms with Gasteiger partial charge < -0.3 is 5.73 Å². The second kappa shape index (κ2) is 5.06. The van der Waals surface area contributed by atoms with E-state index in [0.29, 0.717) is 12.1 Å². The molecule has 1 unspecified atom stereocenters. The van der Waals surface area contributed by atoms with Crippen LogP contribution in [0.1, 0.15) is 29.8 Å². The summed E-state index contributed by atoms with van der Waals surface area (Å²) in [6.45, 7) is 3.35. The number of nitrogens with two attached hydrogens (primary N) is 1. The molecule has 0 aliphatic carbocycles. The van der Waals surface area contributed by atoms with E-state index in [0.717, 1.165) is 6.07 Å². The third-order valence-electron chi connectivity index (χ3n) is 2.58. The quantitative estimate of drug-likeness (QED) is 0.673. The van der Waals surface area contributed by atoms with E-state index in [4.69, 9.17) is 5.73 Å². The lowest BCUT2D eigenvalue weighted by Gasteiger charge is -2.15. The summed E-state index contributed by atoms with van der Waals surface area (Å²) in [6.07, 6.45) is -4.83. The Morgan fingerprint density at radius 2 is 1.83 bits per heavy atom. The van der Waals surface area contributed by atoms with Crippen LogP contribution in [0, 0.1) is 11.7 Å². The van der Waals surface area contributed by atoms with Crippen LogP contribution in [-0.2, 0) is 6.18 Å². The Morgan fingerprint density at radius 3 is 2.28 bits per heavy atom. The van der Waals surface area contributed by atoms with Crippen LogP contribution in [0.2, 0.25) is 0 Å². The monoisotopic (exact) mass is 263 g/mol. The Bertz CT molecular complexity index is 454. The third kappa shape index (κ3) is 3.07. The van der Waals surface area contributed by atoms with Gasteiger partial charge in [-0.3, -0.25) is 4.79 Å². The van der Waals surface area contributed by atoms with E-state index in [1.165, 1.54) is 0 Å². The van der Waals surface area contributed by atoms with Crippen molar-refractivity contribution < 1.29 is 22.4 Å². The van der Waals surface area contributed by atoms with Crippen molar-refractivity contribution >= 4 is 5.78 Å². The number of Topliss-reactive ketones (excluding diaryl/α,β-unsaturated/α-hetero) is 1. The van der Waals surface area contributed by atoms with E-state index in [2.05, 4.69) is 0 Å². The second-order valence-electron chi connectivity index (χ2n) is 4.33. The predicted octanol–water partition coefficient (Wildman–Crippen LogP) is 3.01. The van der Waals surface area contributed by atoms with Crippen molar-refractivity contribution in [2.75, 3.05) is 0 Å². The highest BCUT2D eigenvalue weighted by Crippen LogP contribution is 2.32. The molecule has 1 rings (SSSR count). The molecule has 1 aromatic carbocycles. The number of halogens is 4. The molecule has 0 saturated heterocycles. The SMILES string of the molecule is CC(C)C(N)C(=O)c1ccc(F)c(C(F)(F)F)c1. The lowest BCUT2D eigenvalue weighted by molar-refractivity contribution is -0.140. The van der Waals surface area contributed by atoms with E-state index in [9.17, 15) is 22.4 Å². The van der Waals surface area contributed by atoms with Crippen LogP contribution in [0.5, 0.6) is 0 Å². The Labute approximate surface area is 102 Å². The Morgan fingerprint density at radius 1 is 1.28 bits per heavy atom. The van der Waals surface area contributed by atoms with Gasteiger partial charge in [0.25, 0.3) is 0 Å². The summed E-state index contributed by atoms with van der Waals surface area (Å²) in [6, 6.07) is 1.23. The Kier molecular flexibility index (Phi) is 4.11. The van der Waals surface area contributed by atoms with Crippen LogP contribution in [0.25, 0.3) is 0 Å². The summed E-state index contributed by atoms with van der Waals surface area (Å²) >= 11 is 0. The fourth-order valence-corrected chi connectivity index (χ4v) is 1.39. The molecule has 2 nitrogen and oxygen atoms in total. The zero-order valence-electron chi connectivity index (χ0n) is 9.88. The van der Waals surface area contributed by atoms with Gasteiger partial charge in [0.15, 0.2) is 5.78 Å². The van der Waals surface area contributed by atoms with Gasteiger partial charge in [0.05, 0.1) is 11.6 Å². The van der Waals surface area contributed by atoms with Crippen molar-refractivity contribution in [3.8, 4) is 0 Å². The van der Waals surface area contributed by atoms with E-state index in [1.807, 2.05) is 0 Å². The first-order valence-corrected chi connectivity index (χ1v) is 5.31. The second-order valence-corrected chi connectivity index (χ2v) is 4.33. The molecular formula is C12H13F4NO. The lowest BCUT2D eigenvalue weighted by atomic mass is 9.95. The molecule has 0 aliphatic rings. The minimum absolute atomic E-state index is 0.211. The van der Waals surface area contributed by atoms with Crippen molar-refractivity contribution in [3.63, 3.8) is 0 Å². The van der Waals surface area contributed by atoms with Crippen LogP contribution in [0.4, 0.5) is 17.6 Å². The van der Waals surface area contributed by atoms with Crippen LogP contribution in [0.15, 0.2) is 18.2 Å². The lowest BCUT2D eigenvalue weighted by Crippen LogP contribution is -2.35. The Hall–Kier alpha value is -1.43. The average Bonchev–Trinajstić information content (AvgIpc) is 2.26. The standard InChI is InChI=1S/C12H13F4NO/c1-6(2)10(17)11(18)7-3-4-9(13)8(5-7)12(14,15)16/h3-6,10H,17H2,1-2H3. The zero-order valence-corrected chi connectivity index (χ0v) is 9.88. The Balaban J connectivity index is 3.17. The molecule has 0 amide bonds. The number of carbonyl (C=O) groups is 1. The molecule has 6 heteroatoms. The maximum atomic E-state index is 13.0. The smallest absolute Gasteiger partial charge is 0.321 e. The molecule has 100 valence electrons. The molecular weight excluding hydrogens is 250 g/mol. The van der Waals surface area contributed by atoms with Gasteiger partial charge in [-0.15, -0.1) is 0 Å². The normalized spacial score (nSPS) is 13.8. The molecule has 0 radical (unpaired) electrons. The highest BCUT2D eigenvalue weighted by Gasteiger charge is 2.35. The first-order valence-electron chi connectivity index (χ1n) is 5.31. The third-order valence-corrected chi connectivity index (χ3v) is 2.58. The number of alkyl halides is 3. The van der Waals surface area contributed by atoms with Gasteiger partial charge in [-0.2, -0.15) is 13.2 Å². The molecule has 0 aliphatic heterocycles. The van der Waals surface area contributed by atoms with Crippen LogP contribution in [0.3, 0.4) is 0 Å². The molecule has 18 heavy (non-hydrogen) atoms. The summed E-state index contributed by atoms with van der Waals surface area (Å²) in [5, 5.41) is 0. The van der Waals surface area contributed by atoms with Crippen molar-refractivity contribution in [1.29, 1.82) is 0 Å². The largest absolute Gasteiger partial charge is 0.419 e. The maximum Gasteiger partial charge on any atom is 0.419 e. The molecule has 2 N–H and O–H groups in total. The number of hydrogen-bond donors (Lipinski definition) is 1. The molecule has 0 saturated carbocycles. The van der Waals surface area contributed by atoms with Gasteiger partial charge in [-0.05, 0) is 24.1 Å². The number of hydrogen-bond acceptors (Lipinski definition) is 2. The van der Waals surface area contributed by atoms with E-state index < -0.39 is 29.4 Å². The fraction of sp³-hybridized carbons (Fsp3) is 0.417. The zero-order chi connectivity index (χ0) is 14.1. The molecule has 1 aromatic rings. The molecule has 0 heterocycles. The van der Waals surface area contributed by atoms with Gasteiger partial charge in [-0.1, -0.05) is 13.8 Å². The minimum Gasteiger partial charge on any atom is -0.321 e. The summed E-state index contributed by atoms with van der Waals surface area (Å²) < 4.78 is 50.4. The number of ketones is 1. The highest BCUT2D eigenvalue weighted by atomic mass is 19.4. The van der Waals surface area contributed by atoms with Gasteiger partial charge >= 0.3 is 6.18 Å². The van der Waals surface area contributed by atoms with E-state index >= 15 is 0 Å². The van der Waals surface area contributed by atoms with Crippen LogP contribution >= 0.6 is 0 Å². The van der Waals surface area contributed by atoms with Crippen molar-refractivity contribution in [2.24, 2.45) is 11.7 Å². The number of rotatable bonds is 3. The number of carbonyl (C=O) groups excluding carboxylic acids is 1. The molecule has 0 aromatic heterocycles. The summed E-state index contributed by atoms with van der Waals surface area (Å²) in [5.74, 6) is -2.25. The first kappa shape index (κ1) is 14.6. The van der Waals surface area contributed by atoms with Gasteiger partial charge in [0.2, 0.25) is 0 Å². The molecule has 0 spiro atoms. The summed E-state index contributed by atoms with van der Waals surface area (Å²) in [4.78, 5) is 11.8. The van der Waals surface area contributed by atoms with E-state index in [1.54, 1.807) is 13.8 Å². The van der Waals surface area contributed by atoms with Crippen LogP contribution in [-0.4, -0.2) is 11.8 Å². The van der Waals surface area contributed by atoms with Crippen LogP contribution < -0.4 is 5.73 Å². The maximum absolute atomic E-state index is 13.0. The topological polar surface area (TPSA) is 43.1 Å². The molecule has 0 fully saturated rings. The highest BCUT2D eigenvalue weighted by molar-refractivity contribution is 6.00. The van der Waals surface area contributed by atoms with E-state index in [-0.39, 0.29) is 11.5 Å². The summed E-state index contributed by atoms with van der Waals surface area (Å²) in [7, 11) is 0. The van der Waals surface area contributed by atoms with Gasteiger partial charge in [0.1, 0.15) is 5.82 Å². The van der Waals surface area contributed by atoms with Gasteiger partial charge in [-0.25, -0.2) is 4.39 Å². The predicted molar refractivity (Wildman–Crippen MR) is 58.5 cm³/mol. The van der Waals surface area contributed by atoms with Crippen molar-refractivity contribution in [1.82, 2.24) is 0 Å².